The monoisotopic (exact) mass is 316 g/mol. The summed E-state index contributed by atoms with van der Waals surface area (Å²) in [5.41, 5.74) is 9.17. The van der Waals surface area contributed by atoms with Crippen LogP contribution in [0.1, 0.15) is 34.0 Å². The lowest BCUT2D eigenvalue weighted by Crippen LogP contribution is -2.28. The van der Waals surface area contributed by atoms with Crippen LogP contribution in [0.25, 0.3) is 0 Å². The minimum Gasteiger partial charge on any atom is -0.385 e. The minimum absolute atomic E-state index is 0.217. The van der Waals surface area contributed by atoms with Gasteiger partial charge in [-0.15, -0.1) is 0 Å². The highest BCUT2D eigenvalue weighted by atomic mass is 19.1. The van der Waals surface area contributed by atoms with E-state index in [0.717, 1.165) is 16.9 Å². The quantitative estimate of drug-likeness (QED) is 0.840. The fourth-order valence-corrected chi connectivity index (χ4v) is 3.30. The zero-order valence-electron chi connectivity index (χ0n) is 12.5. The summed E-state index contributed by atoms with van der Waals surface area (Å²) in [5.74, 6) is -0.645. The number of hydrogen-bond donors (Lipinski definition) is 2. The molecule has 0 aliphatic carbocycles. The van der Waals surface area contributed by atoms with Gasteiger partial charge in [-0.2, -0.15) is 9.78 Å². The summed E-state index contributed by atoms with van der Waals surface area (Å²) in [6.07, 6.45) is 1.24. The highest BCUT2D eigenvalue weighted by molar-refractivity contribution is 5.90. The van der Waals surface area contributed by atoms with E-state index in [1.807, 2.05) is 0 Å². The SMILES string of the molecule is Nc1c2c(nn1C(=O)[C@@H]1CCNc3ccc(F)cc31)COCC2. The van der Waals surface area contributed by atoms with Crippen LogP contribution in [0.4, 0.5) is 15.9 Å². The highest BCUT2D eigenvalue weighted by Gasteiger charge is 2.31. The van der Waals surface area contributed by atoms with Crippen LogP contribution < -0.4 is 11.1 Å². The van der Waals surface area contributed by atoms with Crippen molar-refractivity contribution in [3.63, 3.8) is 0 Å². The number of ether oxygens (including phenoxy) is 1. The van der Waals surface area contributed by atoms with Crippen molar-refractivity contribution < 1.29 is 13.9 Å². The van der Waals surface area contributed by atoms with Crippen LogP contribution in [0.5, 0.6) is 0 Å². The van der Waals surface area contributed by atoms with Crippen LogP contribution in [0.3, 0.4) is 0 Å². The van der Waals surface area contributed by atoms with Crippen LogP contribution in [0.15, 0.2) is 18.2 Å². The molecule has 120 valence electrons. The molecule has 7 heteroatoms. The van der Waals surface area contributed by atoms with Crippen molar-refractivity contribution in [3.05, 3.63) is 40.8 Å². The molecule has 0 amide bonds. The van der Waals surface area contributed by atoms with Crippen molar-refractivity contribution in [3.8, 4) is 0 Å². The molecule has 3 heterocycles. The number of fused-ring (bicyclic) bond motifs is 2. The van der Waals surface area contributed by atoms with Gasteiger partial charge in [-0.25, -0.2) is 4.39 Å². The zero-order valence-corrected chi connectivity index (χ0v) is 12.5. The fraction of sp³-hybridized carbons (Fsp3) is 0.375. The van der Waals surface area contributed by atoms with Crippen molar-refractivity contribution in [2.75, 3.05) is 24.2 Å². The van der Waals surface area contributed by atoms with Crippen molar-refractivity contribution in [2.45, 2.75) is 25.4 Å². The van der Waals surface area contributed by atoms with Gasteiger partial charge in [-0.1, -0.05) is 0 Å². The average molecular weight is 316 g/mol. The lowest BCUT2D eigenvalue weighted by Gasteiger charge is -2.25. The molecule has 0 bridgehead atoms. The molecule has 4 rings (SSSR count). The Bertz CT molecular complexity index is 787. The van der Waals surface area contributed by atoms with E-state index in [4.69, 9.17) is 10.5 Å². The summed E-state index contributed by atoms with van der Waals surface area (Å²) in [4.78, 5) is 12.9. The van der Waals surface area contributed by atoms with Crippen molar-refractivity contribution >= 4 is 17.4 Å². The van der Waals surface area contributed by atoms with E-state index in [9.17, 15) is 9.18 Å². The summed E-state index contributed by atoms with van der Waals surface area (Å²) in [6, 6.07) is 4.46. The smallest absolute Gasteiger partial charge is 0.256 e. The molecule has 1 aromatic heterocycles. The van der Waals surface area contributed by atoms with Crippen molar-refractivity contribution in [2.24, 2.45) is 0 Å². The van der Waals surface area contributed by atoms with Crippen molar-refractivity contribution in [1.82, 2.24) is 9.78 Å². The molecule has 1 aromatic carbocycles. The van der Waals surface area contributed by atoms with Crippen LogP contribution in [-0.2, 0) is 17.8 Å². The van der Waals surface area contributed by atoms with Gasteiger partial charge in [0.1, 0.15) is 11.6 Å². The van der Waals surface area contributed by atoms with Crippen LogP contribution in [0, 0.1) is 5.82 Å². The Hall–Kier alpha value is -2.41. The van der Waals surface area contributed by atoms with E-state index in [1.54, 1.807) is 6.07 Å². The second-order valence-electron chi connectivity index (χ2n) is 5.86. The Labute approximate surface area is 132 Å². The van der Waals surface area contributed by atoms with Gasteiger partial charge in [0.15, 0.2) is 0 Å². The lowest BCUT2D eigenvalue weighted by atomic mass is 9.90. The molecule has 0 unspecified atom stereocenters. The molecule has 3 N–H and O–H groups in total. The fourth-order valence-electron chi connectivity index (χ4n) is 3.30. The number of carbonyl (C=O) groups excluding carboxylic acids is 1. The summed E-state index contributed by atoms with van der Waals surface area (Å²) >= 11 is 0. The molecule has 0 saturated carbocycles. The maximum atomic E-state index is 13.6. The van der Waals surface area contributed by atoms with Gasteiger partial charge in [0.25, 0.3) is 5.91 Å². The number of nitrogens with one attached hydrogen (secondary N) is 1. The first-order valence-electron chi connectivity index (χ1n) is 7.66. The third kappa shape index (κ3) is 2.28. The zero-order chi connectivity index (χ0) is 16.0. The Kier molecular flexibility index (Phi) is 3.30. The van der Waals surface area contributed by atoms with Gasteiger partial charge in [0, 0.05) is 24.2 Å². The van der Waals surface area contributed by atoms with E-state index in [1.165, 1.54) is 16.8 Å². The molecule has 1 atom stereocenters. The van der Waals surface area contributed by atoms with Crippen LogP contribution in [-0.4, -0.2) is 28.8 Å². The summed E-state index contributed by atoms with van der Waals surface area (Å²) in [6.45, 7) is 1.61. The number of nitrogens with two attached hydrogens (primary N) is 1. The lowest BCUT2D eigenvalue weighted by molar-refractivity contribution is 0.0854. The third-order valence-corrected chi connectivity index (χ3v) is 4.49. The van der Waals surface area contributed by atoms with Gasteiger partial charge in [0.2, 0.25) is 0 Å². The molecule has 2 aromatic rings. The number of hydrogen-bond acceptors (Lipinski definition) is 5. The Morgan fingerprint density at radius 3 is 3.17 bits per heavy atom. The Morgan fingerprint density at radius 1 is 1.48 bits per heavy atom. The standard InChI is InChI=1S/C16H17FN4O2/c17-9-1-2-13-12(7-9)10(3-5-19-13)16(22)21-15(18)11-4-6-23-8-14(11)20-21/h1-2,7,10,19H,3-6,8,18H2/t10-/m1/s1. The summed E-state index contributed by atoms with van der Waals surface area (Å²) in [7, 11) is 0. The number of halogens is 1. The van der Waals surface area contributed by atoms with Crippen LogP contribution >= 0.6 is 0 Å². The molecular formula is C16H17FN4O2. The summed E-state index contributed by atoms with van der Waals surface area (Å²) < 4.78 is 20.2. The van der Waals surface area contributed by atoms with Gasteiger partial charge >= 0.3 is 0 Å². The molecule has 2 aliphatic heterocycles. The number of benzene rings is 1. The molecule has 2 aliphatic rings. The molecule has 0 fully saturated rings. The van der Waals surface area contributed by atoms with E-state index in [-0.39, 0.29) is 11.7 Å². The Morgan fingerprint density at radius 2 is 2.35 bits per heavy atom. The van der Waals surface area contributed by atoms with Gasteiger partial charge < -0.3 is 15.8 Å². The molecule has 23 heavy (non-hydrogen) atoms. The normalized spacial score (nSPS) is 19.6. The predicted molar refractivity (Wildman–Crippen MR) is 82.9 cm³/mol. The van der Waals surface area contributed by atoms with E-state index < -0.39 is 5.92 Å². The van der Waals surface area contributed by atoms with Crippen molar-refractivity contribution in [1.29, 1.82) is 0 Å². The second kappa shape index (κ2) is 5.34. The first-order chi connectivity index (χ1) is 11.1. The number of aromatic nitrogens is 2. The highest BCUT2D eigenvalue weighted by Crippen LogP contribution is 2.34. The third-order valence-electron chi connectivity index (χ3n) is 4.49. The molecule has 6 nitrogen and oxygen atoms in total. The van der Waals surface area contributed by atoms with Gasteiger partial charge in [0.05, 0.1) is 24.8 Å². The Balaban J connectivity index is 1.74. The van der Waals surface area contributed by atoms with Gasteiger partial charge in [-0.3, -0.25) is 4.79 Å². The number of rotatable bonds is 1. The van der Waals surface area contributed by atoms with E-state index >= 15 is 0 Å². The molecule has 0 spiro atoms. The van der Waals surface area contributed by atoms with E-state index in [0.29, 0.717) is 44.0 Å². The molecular weight excluding hydrogens is 299 g/mol. The van der Waals surface area contributed by atoms with Crippen LogP contribution in [0.2, 0.25) is 0 Å². The topological polar surface area (TPSA) is 82.2 Å². The first kappa shape index (κ1) is 14.2. The maximum Gasteiger partial charge on any atom is 0.256 e. The number of nitrogens with zero attached hydrogens (tertiary/aromatic N) is 2. The maximum absolute atomic E-state index is 13.6. The molecule has 0 saturated heterocycles. The average Bonchev–Trinajstić information content (AvgIpc) is 2.91. The number of anilines is 2. The number of nitrogen functional groups attached to an aromatic ring is 1. The van der Waals surface area contributed by atoms with Gasteiger partial charge in [-0.05, 0) is 30.2 Å². The minimum atomic E-state index is -0.452. The molecule has 0 radical (unpaired) electrons. The largest absolute Gasteiger partial charge is 0.385 e. The number of carbonyl (C=O) groups is 1. The van der Waals surface area contributed by atoms with E-state index in [2.05, 4.69) is 10.4 Å². The first-order valence-corrected chi connectivity index (χ1v) is 7.66. The predicted octanol–water partition coefficient (Wildman–Crippen LogP) is 1.92. The summed E-state index contributed by atoms with van der Waals surface area (Å²) in [5, 5.41) is 7.51. The second-order valence-corrected chi connectivity index (χ2v) is 5.86.